The first-order valence-corrected chi connectivity index (χ1v) is 11.4. The Morgan fingerprint density at radius 2 is 2.19 bits per heavy atom. The number of ether oxygens (including phenoxy) is 2. The highest BCUT2D eigenvalue weighted by Gasteiger charge is 2.28. The number of halogens is 1. The molecule has 0 atom stereocenters. The predicted molar refractivity (Wildman–Crippen MR) is 113 cm³/mol. The van der Waals surface area contributed by atoms with Crippen molar-refractivity contribution in [3.8, 4) is 11.5 Å². The van der Waals surface area contributed by atoms with E-state index in [1.807, 2.05) is 18.3 Å². The van der Waals surface area contributed by atoms with Crippen LogP contribution < -0.4 is 14.2 Å². The Bertz CT molecular complexity index is 1400. The second kappa shape index (κ2) is 7.83. The van der Waals surface area contributed by atoms with Crippen molar-refractivity contribution in [1.82, 2.24) is 14.9 Å². The maximum Gasteiger partial charge on any atom is 0.266 e. The fourth-order valence-electron chi connectivity index (χ4n) is 3.84. The van der Waals surface area contributed by atoms with E-state index in [-0.39, 0.29) is 16.5 Å². The van der Waals surface area contributed by atoms with Gasteiger partial charge < -0.3 is 14.0 Å². The highest BCUT2D eigenvalue weighted by atomic mass is 32.2. The van der Waals surface area contributed by atoms with E-state index >= 15 is 0 Å². The van der Waals surface area contributed by atoms with Gasteiger partial charge in [-0.25, -0.2) is 12.8 Å². The Balaban J connectivity index is 1.60. The van der Waals surface area contributed by atoms with Gasteiger partial charge in [0.25, 0.3) is 10.0 Å². The largest absolute Gasteiger partial charge is 0.495 e. The van der Waals surface area contributed by atoms with Gasteiger partial charge in [0.1, 0.15) is 27.6 Å². The number of rotatable bonds is 6. The van der Waals surface area contributed by atoms with Gasteiger partial charge in [-0.1, -0.05) is 5.16 Å². The number of anilines is 1. The Labute approximate surface area is 182 Å². The van der Waals surface area contributed by atoms with Crippen molar-refractivity contribution in [3.63, 3.8) is 0 Å². The molecule has 32 heavy (non-hydrogen) atoms. The van der Waals surface area contributed by atoms with E-state index in [1.165, 1.54) is 13.2 Å². The van der Waals surface area contributed by atoms with Crippen LogP contribution in [0.4, 0.5) is 10.2 Å². The van der Waals surface area contributed by atoms with Gasteiger partial charge in [-0.3, -0.25) is 9.40 Å². The minimum Gasteiger partial charge on any atom is -0.495 e. The molecule has 0 saturated carbocycles. The molecule has 0 fully saturated rings. The van der Waals surface area contributed by atoms with E-state index in [9.17, 15) is 12.8 Å². The van der Waals surface area contributed by atoms with Crippen molar-refractivity contribution in [2.75, 3.05) is 18.4 Å². The molecule has 2 aromatic carbocycles. The van der Waals surface area contributed by atoms with E-state index in [0.717, 1.165) is 36.1 Å². The van der Waals surface area contributed by atoms with E-state index in [1.54, 1.807) is 10.9 Å². The molecular formula is C21H19FN4O5S. The molecule has 0 unspecified atom stereocenters. The number of hydrogen-bond donors (Lipinski definition) is 1. The first-order valence-electron chi connectivity index (χ1n) is 9.87. The Hall–Kier alpha value is -3.60. The first kappa shape index (κ1) is 20.3. The predicted octanol–water partition coefficient (Wildman–Crippen LogP) is 3.35. The lowest BCUT2D eigenvalue weighted by atomic mass is 9.97. The zero-order valence-corrected chi connectivity index (χ0v) is 17.9. The van der Waals surface area contributed by atoms with Gasteiger partial charge in [0, 0.05) is 18.0 Å². The van der Waals surface area contributed by atoms with Crippen LogP contribution >= 0.6 is 0 Å². The number of aromatic nitrogens is 3. The third-order valence-electron chi connectivity index (χ3n) is 5.27. The molecule has 0 spiro atoms. The summed E-state index contributed by atoms with van der Waals surface area (Å²) in [7, 11) is -2.92. The zero-order valence-electron chi connectivity index (χ0n) is 17.0. The monoisotopic (exact) mass is 458 g/mol. The van der Waals surface area contributed by atoms with Crippen molar-refractivity contribution in [2.24, 2.45) is 0 Å². The number of nitrogens with one attached hydrogen (secondary N) is 1. The highest BCUT2D eigenvalue weighted by molar-refractivity contribution is 7.92. The summed E-state index contributed by atoms with van der Waals surface area (Å²) < 4.78 is 60.5. The molecule has 9 nitrogen and oxygen atoms in total. The Kier molecular flexibility index (Phi) is 4.97. The molecule has 11 heteroatoms. The van der Waals surface area contributed by atoms with Gasteiger partial charge in [-0.2, -0.15) is 5.10 Å². The highest BCUT2D eigenvalue weighted by Crippen LogP contribution is 2.41. The number of sulfonamides is 1. The minimum atomic E-state index is -4.22. The summed E-state index contributed by atoms with van der Waals surface area (Å²) in [5.74, 6) is -0.206. The van der Waals surface area contributed by atoms with E-state index < -0.39 is 15.8 Å². The first-order chi connectivity index (χ1) is 15.5. The van der Waals surface area contributed by atoms with E-state index in [2.05, 4.69) is 15.0 Å². The van der Waals surface area contributed by atoms with Crippen molar-refractivity contribution in [3.05, 3.63) is 59.7 Å². The number of nitrogens with zero attached hydrogens (tertiary/aromatic N) is 3. The smallest absolute Gasteiger partial charge is 0.266 e. The molecule has 1 aliphatic rings. The molecule has 0 saturated heterocycles. The lowest BCUT2D eigenvalue weighted by Gasteiger charge is -2.21. The van der Waals surface area contributed by atoms with Crippen LogP contribution in [0.5, 0.6) is 11.5 Å². The molecule has 3 heterocycles. The Morgan fingerprint density at radius 3 is 2.97 bits per heavy atom. The average molecular weight is 458 g/mol. The van der Waals surface area contributed by atoms with Gasteiger partial charge in [0.2, 0.25) is 0 Å². The fraction of sp³-hybridized carbons (Fsp3) is 0.238. The minimum absolute atomic E-state index is 0.00601. The van der Waals surface area contributed by atoms with Crippen LogP contribution in [-0.4, -0.2) is 37.1 Å². The lowest BCUT2D eigenvalue weighted by Crippen LogP contribution is -2.16. The van der Waals surface area contributed by atoms with Crippen molar-refractivity contribution in [1.29, 1.82) is 0 Å². The van der Waals surface area contributed by atoms with Gasteiger partial charge in [-0.05, 0) is 48.7 Å². The van der Waals surface area contributed by atoms with Crippen LogP contribution in [0.15, 0.2) is 52.1 Å². The SMILES string of the molecule is COc1ccc(F)cc1S(=O)(=O)Nc1noc2cc(Cn3cccn3)c3c(c12)OCCC3. The summed E-state index contributed by atoms with van der Waals surface area (Å²) in [4.78, 5) is -0.346. The molecule has 0 radical (unpaired) electrons. The molecule has 0 amide bonds. The van der Waals surface area contributed by atoms with Crippen molar-refractivity contribution >= 4 is 26.8 Å². The lowest BCUT2D eigenvalue weighted by molar-refractivity contribution is 0.291. The summed E-state index contributed by atoms with van der Waals surface area (Å²) in [6, 6.07) is 6.91. The quantitative estimate of drug-likeness (QED) is 0.472. The maximum absolute atomic E-state index is 13.8. The molecule has 166 valence electrons. The van der Waals surface area contributed by atoms with Crippen molar-refractivity contribution in [2.45, 2.75) is 24.3 Å². The maximum atomic E-state index is 13.8. The normalized spacial score (nSPS) is 13.6. The summed E-state index contributed by atoms with van der Waals surface area (Å²) in [5, 5.41) is 8.59. The summed E-state index contributed by atoms with van der Waals surface area (Å²) in [5.41, 5.74) is 2.27. The molecule has 0 aliphatic carbocycles. The molecule has 2 aromatic heterocycles. The zero-order chi connectivity index (χ0) is 22.3. The van der Waals surface area contributed by atoms with Crippen LogP contribution in [-0.2, 0) is 23.0 Å². The second-order valence-corrected chi connectivity index (χ2v) is 8.95. The van der Waals surface area contributed by atoms with Gasteiger partial charge in [0.15, 0.2) is 11.4 Å². The van der Waals surface area contributed by atoms with E-state index in [0.29, 0.717) is 29.9 Å². The molecule has 0 bridgehead atoms. The third-order valence-corrected chi connectivity index (χ3v) is 6.63. The summed E-state index contributed by atoms with van der Waals surface area (Å²) in [6.45, 7) is 0.999. The topological polar surface area (TPSA) is 108 Å². The fourth-order valence-corrected chi connectivity index (χ4v) is 5.03. The standard InChI is InChI=1S/C21H19FN4O5S/c1-29-16-6-5-14(22)11-18(16)32(27,28)25-21-19-17(31-24-21)10-13(12-26-8-3-7-23-26)15-4-2-9-30-20(15)19/h3,5-8,10-11H,2,4,9,12H2,1H3,(H,24,25). The molecule has 1 aliphatic heterocycles. The van der Waals surface area contributed by atoms with Crippen LogP contribution in [0, 0.1) is 5.82 Å². The summed E-state index contributed by atoms with van der Waals surface area (Å²) >= 11 is 0. The molecular weight excluding hydrogens is 439 g/mol. The van der Waals surface area contributed by atoms with Crippen LogP contribution in [0.3, 0.4) is 0 Å². The summed E-state index contributed by atoms with van der Waals surface area (Å²) in [6.07, 6.45) is 5.14. The average Bonchev–Trinajstić information content (AvgIpc) is 3.44. The van der Waals surface area contributed by atoms with Crippen LogP contribution in [0.25, 0.3) is 11.0 Å². The Morgan fingerprint density at radius 1 is 1.31 bits per heavy atom. The number of fused-ring (bicyclic) bond motifs is 3. The number of benzene rings is 2. The van der Waals surface area contributed by atoms with Crippen LogP contribution in [0.2, 0.25) is 0 Å². The third kappa shape index (κ3) is 3.54. The van der Waals surface area contributed by atoms with Crippen molar-refractivity contribution < 1.29 is 26.8 Å². The second-order valence-electron chi connectivity index (χ2n) is 7.30. The van der Waals surface area contributed by atoms with Crippen LogP contribution in [0.1, 0.15) is 17.5 Å². The number of hydrogen-bond acceptors (Lipinski definition) is 7. The van der Waals surface area contributed by atoms with Gasteiger partial charge in [0.05, 0.1) is 20.3 Å². The molecule has 5 rings (SSSR count). The number of methoxy groups -OCH3 is 1. The van der Waals surface area contributed by atoms with Gasteiger partial charge in [-0.15, -0.1) is 0 Å². The molecule has 4 aromatic rings. The molecule has 1 N–H and O–H groups in total. The van der Waals surface area contributed by atoms with E-state index in [4.69, 9.17) is 14.0 Å². The van der Waals surface area contributed by atoms with Gasteiger partial charge >= 0.3 is 0 Å².